The molecule has 0 radical (unpaired) electrons. The molecule has 12 aromatic rings. The molecule has 0 spiro atoms. The Bertz CT molecular complexity index is 3280. The number of hydrogen-bond donors (Lipinski definition) is 0. The first kappa shape index (κ1) is 31.0. The molecular weight excluding hydrogens is 681 g/mol. The minimum atomic E-state index is 0.883. The first-order chi connectivity index (χ1) is 27.8. The second-order valence-corrected chi connectivity index (χ2v) is 14.7. The highest BCUT2D eigenvalue weighted by Gasteiger charge is 2.25. The summed E-state index contributed by atoms with van der Waals surface area (Å²) in [6.45, 7) is 0. The van der Waals surface area contributed by atoms with Crippen molar-refractivity contribution in [2.75, 3.05) is 0 Å². The molecule has 0 aliphatic carbocycles. The first-order valence-corrected chi connectivity index (χ1v) is 19.2. The Kier molecular flexibility index (Phi) is 6.66. The predicted octanol–water partition coefficient (Wildman–Crippen LogP) is 15.6. The van der Waals surface area contributed by atoms with E-state index >= 15 is 0 Å². The molecule has 260 valence electrons. The lowest BCUT2D eigenvalue weighted by molar-refractivity contribution is 0.669. The van der Waals surface area contributed by atoms with Crippen molar-refractivity contribution >= 4 is 76.2 Å². The molecular formula is C54H32O2. The summed E-state index contributed by atoms with van der Waals surface area (Å²) >= 11 is 0. The van der Waals surface area contributed by atoms with Crippen LogP contribution in [-0.4, -0.2) is 0 Å². The van der Waals surface area contributed by atoms with Crippen LogP contribution in [-0.2, 0) is 0 Å². The Labute approximate surface area is 322 Å². The molecule has 0 fully saturated rings. The van der Waals surface area contributed by atoms with Crippen molar-refractivity contribution in [3.8, 4) is 44.5 Å². The fourth-order valence-corrected chi connectivity index (χ4v) is 9.21. The van der Waals surface area contributed by atoms with Crippen LogP contribution in [0.1, 0.15) is 0 Å². The molecule has 0 saturated heterocycles. The second kappa shape index (κ2) is 12.0. The molecule has 0 saturated carbocycles. The fraction of sp³-hybridized carbons (Fsp3) is 0. The van der Waals surface area contributed by atoms with Gasteiger partial charge in [-0.15, -0.1) is 0 Å². The Hall–Kier alpha value is -7.42. The Morgan fingerprint density at radius 1 is 0.268 bits per heavy atom. The van der Waals surface area contributed by atoms with E-state index in [4.69, 9.17) is 8.83 Å². The van der Waals surface area contributed by atoms with Gasteiger partial charge in [-0.1, -0.05) is 158 Å². The minimum absolute atomic E-state index is 0.883. The van der Waals surface area contributed by atoms with Gasteiger partial charge in [0.25, 0.3) is 0 Å². The predicted molar refractivity (Wildman–Crippen MR) is 235 cm³/mol. The lowest BCUT2D eigenvalue weighted by atomic mass is 9.83. The normalized spacial score (nSPS) is 11.9. The molecule has 0 aliphatic heterocycles. The first-order valence-electron chi connectivity index (χ1n) is 19.2. The summed E-state index contributed by atoms with van der Waals surface area (Å²) in [6.07, 6.45) is 0. The molecule has 0 N–H and O–H groups in total. The summed E-state index contributed by atoms with van der Waals surface area (Å²) in [4.78, 5) is 0. The number of rotatable bonds is 4. The van der Waals surface area contributed by atoms with Crippen LogP contribution in [0, 0.1) is 0 Å². The van der Waals surface area contributed by atoms with Gasteiger partial charge in [0.2, 0.25) is 0 Å². The van der Waals surface area contributed by atoms with E-state index < -0.39 is 0 Å². The van der Waals surface area contributed by atoms with Gasteiger partial charge in [0.1, 0.15) is 22.3 Å². The van der Waals surface area contributed by atoms with E-state index in [1.807, 2.05) is 0 Å². The highest BCUT2D eigenvalue weighted by molar-refractivity contribution is 6.29. The molecule has 2 nitrogen and oxygen atoms in total. The number of furan rings is 2. The molecule has 0 amide bonds. The highest BCUT2D eigenvalue weighted by atomic mass is 16.3. The summed E-state index contributed by atoms with van der Waals surface area (Å²) in [5.74, 6) is 0. The quantitative estimate of drug-likeness (QED) is 0.170. The van der Waals surface area contributed by atoms with Gasteiger partial charge in [-0.05, 0) is 91.0 Å². The van der Waals surface area contributed by atoms with Crippen LogP contribution in [0.15, 0.2) is 203 Å². The lowest BCUT2D eigenvalue weighted by Crippen LogP contribution is -1.93. The number of hydrogen-bond acceptors (Lipinski definition) is 2. The van der Waals surface area contributed by atoms with E-state index in [2.05, 4.69) is 194 Å². The average Bonchev–Trinajstić information content (AvgIpc) is 3.85. The minimum Gasteiger partial charge on any atom is -0.455 e. The summed E-state index contributed by atoms with van der Waals surface area (Å²) in [5, 5.41) is 11.5. The van der Waals surface area contributed by atoms with E-state index in [0.717, 1.165) is 88.0 Å². The SMILES string of the molecule is c1ccc(-c2ccc(-c3c4ccccc4c(-c4ccc(-c5ccccc5)c5c4oc4ccccc45)c4cc5ccccc5cc34)c3oc4ccccc4c23)cc1. The number of fused-ring (bicyclic) bond motifs is 9. The van der Waals surface area contributed by atoms with Crippen molar-refractivity contribution in [2.24, 2.45) is 0 Å². The van der Waals surface area contributed by atoms with Gasteiger partial charge in [0.15, 0.2) is 0 Å². The second-order valence-electron chi connectivity index (χ2n) is 14.7. The van der Waals surface area contributed by atoms with Crippen molar-refractivity contribution in [1.29, 1.82) is 0 Å². The largest absolute Gasteiger partial charge is 0.455 e. The zero-order valence-electron chi connectivity index (χ0n) is 30.3. The maximum Gasteiger partial charge on any atom is 0.143 e. The summed E-state index contributed by atoms with van der Waals surface area (Å²) < 4.78 is 13.9. The lowest BCUT2D eigenvalue weighted by Gasteiger charge is -2.20. The maximum atomic E-state index is 6.93. The van der Waals surface area contributed by atoms with E-state index in [0.29, 0.717) is 0 Å². The smallest absolute Gasteiger partial charge is 0.143 e. The van der Waals surface area contributed by atoms with Crippen LogP contribution in [0.25, 0.3) is 121 Å². The molecule has 10 aromatic carbocycles. The van der Waals surface area contributed by atoms with Gasteiger partial charge < -0.3 is 8.83 Å². The van der Waals surface area contributed by atoms with Crippen molar-refractivity contribution in [2.45, 2.75) is 0 Å². The van der Waals surface area contributed by atoms with Gasteiger partial charge in [0.05, 0.1) is 0 Å². The van der Waals surface area contributed by atoms with Gasteiger partial charge in [-0.25, -0.2) is 0 Å². The van der Waals surface area contributed by atoms with E-state index in [1.54, 1.807) is 0 Å². The van der Waals surface area contributed by atoms with E-state index in [-0.39, 0.29) is 0 Å². The zero-order valence-corrected chi connectivity index (χ0v) is 30.3. The van der Waals surface area contributed by atoms with Gasteiger partial charge in [-0.3, -0.25) is 0 Å². The summed E-state index contributed by atoms with van der Waals surface area (Å²) in [7, 11) is 0. The molecule has 0 aliphatic rings. The maximum absolute atomic E-state index is 6.93. The van der Waals surface area contributed by atoms with Crippen LogP contribution in [0.2, 0.25) is 0 Å². The van der Waals surface area contributed by atoms with Crippen molar-refractivity contribution in [3.63, 3.8) is 0 Å². The van der Waals surface area contributed by atoms with Crippen LogP contribution >= 0.6 is 0 Å². The van der Waals surface area contributed by atoms with Crippen molar-refractivity contribution in [1.82, 2.24) is 0 Å². The molecule has 0 atom stereocenters. The molecule has 56 heavy (non-hydrogen) atoms. The van der Waals surface area contributed by atoms with Gasteiger partial charge >= 0.3 is 0 Å². The topological polar surface area (TPSA) is 26.3 Å². The highest BCUT2D eigenvalue weighted by Crippen LogP contribution is 2.51. The van der Waals surface area contributed by atoms with Crippen LogP contribution in [0.5, 0.6) is 0 Å². The molecule has 0 unspecified atom stereocenters. The van der Waals surface area contributed by atoms with Crippen molar-refractivity contribution in [3.05, 3.63) is 194 Å². The van der Waals surface area contributed by atoms with Gasteiger partial charge in [-0.2, -0.15) is 0 Å². The monoisotopic (exact) mass is 712 g/mol. The third-order valence-corrected chi connectivity index (χ3v) is 11.7. The number of para-hydroxylation sites is 2. The van der Waals surface area contributed by atoms with Crippen molar-refractivity contribution < 1.29 is 8.83 Å². The van der Waals surface area contributed by atoms with Crippen LogP contribution in [0.3, 0.4) is 0 Å². The molecule has 0 bridgehead atoms. The Morgan fingerprint density at radius 3 is 1.07 bits per heavy atom. The molecule has 2 heterocycles. The molecule has 2 heteroatoms. The third-order valence-electron chi connectivity index (χ3n) is 11.7. The van der Waals surface area contributed by atoms with Crippen LogP contribution in [0.4, 0.5) is 0 Å². The van der Waals surface area contributed by atoms with Crippen LogP contribution < -0.4 is 0 Å². The average molecular weight is 713 g/mol. The third kappa shape index (κ3) is 4.50. The Balaban J connectivity index is 1.25. The number of benzene rings is 10. The molecule has 12 rings (SSSR count). The van der Waals surface area contributed by atoms with E-state index in [9.17, 15) is 0 Å². The fourth-order valence-electron chi connectivity index (χ4n) is 9.21. The summed E-state index contributed by atoms with van der Waals surface area (Å²) in [6, 6.07) is 69.6. The molecule has 2 aromatic heterocycles. The Morgan fingerprint density at radius 2 is 0.625 bits per heavy atom. The van der Waals surface area contributed by atoms with Gasteiger partial charge in [0, 0.05) is 43.8 Å². The standard InChI is InChI=1S/C54H32O2/c1-3-15-33(16-4-1)37-27-29-43(53-51(37)41-23-11-13-25-47(41)55-53)49-39-21-9-10-22-40(39)50(46-32-36-20-8-7-19-35(36)31-45(46)49)44-30-28-38(34-17-5-2-6-18-34)52-42-24-12-14-26-48(42)56-54(44)52/h1-32H. The van der Waals surface area contributed by atoms with E-state index in [1.165, 1.54) is 32.7 Å². The summed E-state index contributed by atoms with van der Waals surface area (Å²) in [5.41, 5.74) is 12.7. The zero-order chi connectivity index (χ0) is 36.7.